The van der Waals surface area contributed by atoms with E-state index in [2.05, 4.69) is 30.7 Å². The van der Waals surface area contributed by atoms with E-state index in [9.17, 15) is 0 Å². The van der Waals surface area contributed by atoms with Gasteiger partial charge in [0.15, 0.2) is 0 Å². The van der Waals surface area contributed by atoms with Crippen LogP contribution < -0.4 is 4.74 Å². The number of likely N-dealkylation sites (N-methyl/N-ethyl adjacent to an activating group) is 1. The van der Waals surface area contributed by atoms with Crippen LogP contribution in [0.5, 0.6) is 5.75 Å². The van der Waals surface area contributed by atoms with Crippen LogP contribution in [-0.2, 0) is 4.74 Å². The highest BCUT2D eigenvalue weighted by atomic mass is 35.5. The van der Waals surface area contributed by atoms with Gasteiger partial charge in [-0.05, 0) is 43.1 Å². The predicted octanol–water partition coefficient (Wildman–Crippen LogP) is 3.41. The zero-order valence-corrected chi connectivity index (χ0v) is 16.2. The number of halogens is 1. The molecule has 1 heterocycles. The summed E-state index contributed by atoms with van der Waals surface area (Å²) in [6, 6.07) is 4.05. The van der Waals surface area contributed by atoms with Crippen molar-refractivity contribution >= 4 is 11.6 Å². The number of hydrogen-bond acceptors (Lipinski definition) is 4. The molecule has 1 aromatic carbocycles. The number of aryl methyl sites for hydroxylation is 1. The summed E-state index contributed by atoms with van der Waals surface area (Å²) in [5.74, 6) is 1.31. The molecule has 0 aliphatic carbocycles. The highest BCUT2D eigenvalue weighted by Gasteiger charge is 2.13. The Balaban J connectivity index is 1.68. The molecule has 1 aromatic rings. The van der Waals surface area contributed by atoms with Crippen LogP contribution in [0.4, 0.5) is 0 Å². The summed E-state index contributed by atoms with van der Waals surface area (Å²) in [6.45, 7) is 13.8. The first kappa shape index (κ1) is 19.5. The van der Waals surface area contributed by atoms with Crippen molar-refractivity contribution in [1.29, 1.82) is 0 Å². The van der Waals surface area contributed by atoms with Crippen molar-refractivity contribution in [1.82, 2.24) is 9.80 Å². The minimum Gasteiger partial charge on any atom is -0.491 e. The largest absolute Gasteiger partial charge is 0.491 e. The number of rotatable bonds is 8. The Morgan fingerprint density at radius 2 is 1.79 bits per heavy atom. The highest BCUT2D eigenvalue weighted by Crippen LogP contribution is 2.31. The van der Waals surface area contributed by atoms with Crippen LogP contribution in [-0.4, -0.2) is 69.4 Å². The van der Waals surface area contributed by atoms with Crippen molar-refractivity contribution in [2.75, 3.05) is 59.6 Å². The molecule has 0 saturated carbocycles. The van der Waals surface area contributed by atoms with E-state index < -0.39 is 0 Å². The number of ether oxygens (including phenoxy) is 2. The molecule has 0 radical (unpaired) electrons. The summed E-state index contributed by atoms with van der Waals surface area (Å²) in [5.41, 5.74) is 2.20. The van der Waals surface area contributed by atoms with Gasteiger partial charge >= 0.3 is 0 Å². The lowest BCUT2D eigenvalue weighted by atomic mass is 10.0. The summed E-state index contributed by atoms with van der Waals surface area (Å²) in [6.07, 6.45) is 0. The molecule has 0 bridgehead atoms. The van der Waals surface area contributed by atoms with Crippen LogP contribution in [0.1, 0.15) is 30.9 Å². The number of nitrogens with zero attached hydrogens (tertiary/aromatic N) is 2. The van der Waals surface area contributed by atoms with Gasteiger partial charge in [-0.15, -0.1) is 0 Å². The third kappa shape index (κ3) is 5.92. The molecule has 24 heavy (non-hydrogen) atoms. The fourth-order valence-electron chi connectivity index (χ4n) is 2.82. The lowest BCUT2D eigenvalue weighted by molar-refractivity contribution is 0.0656. The van der Waals surface area contributed by atoms with Crippen molar-refractivity contribution in [2.24, 2.45) is 0 Å². The van der Waals surface area contributed by atoms with Crippen molar-refractivity contribution in [3.63, 3.8) is 0 Å². The van der Waals surface area contributed by atoms with Crippen LogP contribution in [0.2, 0.25) is 5.02 Å². The first-order valence-corrected chi connectivity index (χ1v) is 9.26. The Hall–Kier alpha value is -0.810. The quantitative estimate of drug-likeness (QED) is 0.668. The van der Waals surface area contributed by atoms with Gasteiger partial charge in [-0.3, -0.25) is 4.90 Å². The lowest BCUT2D eigenvalue weighted by Crippen LogP contribution is -2.45. The monoisotopic (exact) mass is 354 g/mol. The van der Waals surface area contributed by atoms with Gasteiger partial charge in [0.05, 0.1) is 13.2 Å². The van der Waals surface area contributed by atoms with Gasteiger partial charge in [-0.25, -0.2) is 0 Å². The summed E-state index contributed by atoms with van der Waals surface area (Å²) in [7, 11) is 2.18. The molecule has 0 spiro atoms. The van der Waals surface area contributed by atoms with Gasteiger partial charge in [0, 0.05) is 37.7 Å². The number of hydrogen-bond donors (Lipinski definition) is 0. The molecular formula is C19H31ClN2O2. The zero-order chi connectivity index (χ0) is 17.5. The fraction of sp³-hybridized carbons (Fsp3) is 0.684. The fourth-order valence-corrected chi connectivity index (χ4v) is 3.00. The average molecular weight is 355 g/mol. The average Bonchev–Trinajstić information content (AvgIpc) is 2.55. The van der Waals surface area contributed by atoms with E-state index >= 15 is 0 Å². The van der Waals surface area contributed by atoms with Crippen molar-refractivity contribution in [2.45, 2.75) is 26.7 Å². The van der Waals surface area contributed by atoms with Crippen molar-refractivity contribution in [3.05, 3.63) is 28.3 Å². The first-order chi connectivity index (χ1) is 11.5. The summed E-state index contributed by atoms with van der Waals surface area (Å²) < 4.78 is 11.7. The van der Waals surface area contributed by atoms with Crippen molar-refractivity contribution in [3.8, 4) is 5.75 Å². The normalized spacial score (nSPS) is 16.8. The molecule has 1 aliphatic rings. The van der Waals surface area contributed by atoms with E-state index in [-0.39, 0.29) is 0 Å². The van der Waals surface area contributed by atoms with Crippen LogP contribution in [0, 0.1) is 6.92 Å². The second-order valence-corrected chi connectivity index (χ2v) is 7.31. The molecule has 0 atom stereocenters. The molecule has 1 saturated heterocycles. The molecule has 0 unspecified atom stereocenters. The van der Waals surface area contributed by atoms with Gasteiger partial charge in [0.2, 0.25) is 0 Å². The molecule has 4 nitrogen and oxygen atoms in total. The second kappa shape index (κ2) is 9.62. The minimum absolute atomic E-state index is 0.385. The molecule has 0 aromatic heterocycles. The first-order valence-electron chi connectivity index (χ1n) is 8.89. The maximum atomic E-state index is 6.23. The van der Waals surface area contributed by atoms with E-state index in [4.69, 9.17) is 21.1 Å². The smallest absolute Gasteiger partial charge is 0.123 e. The SMILES string of the molecule is Cc1cc(OCCOCCN2CCN(C)CC2)c(C(C)C)cc1Cl. The third-order valence-corrected chi connectivity index (χ3v) is 4.95. The molecule has 5 heteroatoms. The topological polar surface area (TPSA) is 24.9 Å². The number of benzene rings is 1. The molecule has 1 fully saturated rings. The Kier molecular flexibility index (Phi) is 7.82. The van der Waals surface area contributed by atoms with Gasteiger partial charge in [0.1, 0.15) is 12.4 Å². The zero-order valence-electron chi connectivity index (χ0n) is 15.5. The van der Waals surface area contributed by atoms with Gasteiger partial charge < -0.3 is 14.4 Å². The van der Waals surface area contributed by atoms with E-state index in [1.807, 2.05) is 19.1 Å². The van der Waals surface area contributed by atoms with E-state index in [1.165, 1.54) is 0 Å². The minimum atomic E-state index is 0.385. The molecule has 0 amide bonds. The third-order valence-electron chi connectivity index (χ3n) is 4.55. The Morgan fingerprint density at radius 3 is 2.46 bits per heavy atom. The van der Waals surface area contributed by atoms with E-state index in [0.717, 1.165) is 61.2 Å². The molecule has 0 N–H and O–H groups in total. The van der Waals surface area contributed by atoms with Crippen LogP contribution in [0.25, 0.3) is 0 Å². The Bertz CT molecular complexity index is 514. The molecule has 1 aliphatic heterocycles. The van der Waals surface area contributed by atoms with Gasteiger partial charge in [0.25, 0.3) is 0 Å². The lowest BCUT2D eigenvalue weighted by Gasteiger charge is -2.32. The van der Waals surface area contributed by atoms with Crippen molar-refractivity contribution < 1.29 is 9.47 Å². The highest BCUT2D eigenvalue weighted by molar-refractivity contribution is 6.31. The molecular weight excluding hydrogens is 324 g/mol. The van der Waals surface area contributed by atoms with E-state index in [1.54, 1.807) is 0 Å². The van der Waals surface area contributed by atoms with Crippen LogP contribution in [0.15, 0.2) is 12.1 Å². The molecule has 136 valence electrons. The standard InChI is InChI=1S/C19H31ClN2O2/c1-15(2)17-14-18(20)16(3)13-19(17)24-12-11-23-10-9-22-7-5-21(4)6-8-22/h13-15H,5-12H2,1-4H3. The summed E-state index contributed by atoms with van der Waals surface area (Å²) in [5, 5.41) is 0.800. The Morgan fingerprint density at radius 1 is 1.08 bits per heavy atom. The maximum Gasteiger partial charge on any atom is 0.123 e. The van der Waals surface area contributed by atoms with Gasteiger partial charge in [-0.1, -0.05) is 25.4 Å². The van der Waals surface area contributed by atoms with E-state index in [0.29, 0.717) is 19.1 Å². The summed E-state index contributed by atoms with van der Waals surface area (Å²) in [4.78, 5) is 4.83. The summed E-state index contributed by atoms with van der Waals surface area (Å²) >= 11 is 6.23. The predicted molar refractivity (Wildman–Crippen MR) is 101 cm³/mol. The Labute approximate surface area is 151 Å². The maximum absolute atomic E-state index is 6.23. The molecule has 2 rings (SSSR count). The van der Waals surface area contributed by atoms with Crippen LogP contribution in [0.3, 0.4) is 0 Å². The second-order valence-electron chi connectivity index (χ2n) is 6.90. The van der Waals surface area contributed by atoms with Gasteiger partial charge in [-0.2, -0.15) is 0 Å². The number of piperazine rings is 1. The van der Waals surface area contributed by atoms with Crippen LogP contribution >= 0.6 is 11.6 Å².